The second-order valence-corrected chi connectivity index (χ2v) is 5.31. The lowest BCUT2D eigenvalue weighted by Crippen LogP contribution is -2.16. The number of methoxy groups -OCH3 is 1. The van der Waals surface area contributed by atoms with Gasteiger partial charge in [-0.2, -0.15) is 0 Å². The largest absolute Gasteiger partial charge is 0.495 e. The minimum absolute atomic E-state index is 0.309. The summed E-state index contributed by atoms with van der Waals surface area (Å²) in [6.45, 7) is 0. The molecule has 0 unspecified atom stereocenters. The van der Waals surface area contributed by atoms with Crippen molar-refractivity contribution in [1.29, 1.82) is 0 Å². The van der Waals surface area contributed by atoms with Crippen molar-refractivity contribution in [2.75, 3.05) is 17.7 Å². The van der Waals surface area contributed by atoms with Crippen LogP contribution in [0.4, 0.5) is 26.0 Å². The molecule has 3 rings (SSSR count). The molecule has 3 aromatic rings. The monoisotopic (exact) mass is 355 g/mol. The summed E-state index contributed by atoms with van der Waals surface area (Å²) in [5.41, 5.74) is 0.402. The summed E-state index contributed by atoms with van der Waals surface area (Å²) < 4.78 is 32.5. The van der Waals surface area contributed by atoms with Gasteiger partial charge < -0.3 is 15.4 Å². The fourth-order valence-corrected chi connectivity index (χ4v) is 2.34. The summed E-state index contributed by atoms with van der Waals surface area (Å²) in [6.07, 6.45) is 1.38. The van der Waals surface area contributed by atoms with Gasteiger partial charge in [0.1, 0.15) is 28.8 Å². The predicted octanol–water partition coefficient (Wildman–Crippen LogP) is 4.36. The molecule has 7 heteroatoms. The molecule has 0 spiro atoms. The van der Waals surface area contributed by atoms with Crippen molar-refractivity contribution in [1.82, 2.24) is 4.98 Å². The fraction of sp³-hybridized carbons (Fsp3) is 0.0526. The van der Waals surface area contributed by atoms with Crippen LogP contribution in [0.3, 0.4) is 0 Å². The van der Waals surface area contributed by atoms with Crippen molar-refractivity contribution >= 4 is 23.1 Å². The van der Waals surface area contributed by atoms with E-state index in [2.05, 4.69) is 15.6 Å². The number of rotatable bonds is 5. The van der Waals surface area contributed by atoms with Gasteiger partial charge in [0.25, 0.3) is 5.91 Å². The van der Waals surface area contributed by atoms with E-state index in [0.29, 0.717) is 17.3 Å². The molecule has 0 atom stereocenters. The van der Waals surface area contributed by atoms with Crippen LogP contribution in [-0.4, -0.2) is 18.0 Å². The van der Waals surface area contributed by atoms with Crippen LogP contribution in [0.5, 0.6) is 5.75 Å². The number of anilines is 3. The Morgan fingerprint density at radius 1 is 1.00 bits per heavy atom. The van der Waals surface area contributed by atoms with E-state index in [1.54, 1.807) is 25.3 Å². The van der Waals surface area contributed by atoms with Gasteiger partial charge in [0, 0.05) is 0 Å². The summed E-state index contributed by atoms with van der Waals surface area (Å²) in [5.74, 6) is -1.56. The van der Waals surface area contributed by atoms with E-state index in [4.69, 9.17) is 4.74 Å². The fourth-order valence-electron chi connectivity index (χ4n) is 2.34. The van der Waals surface area contributed by atoms with Crippen LogP contribution >= 0.6 is 0 Å². The second-order valence-electron chi connectivity index (χ2n) is 5.31. The summed E-state index contributed by atoms with van der Waals surface area (Å²) >= 11 is 0. The van der Waals surface area contributed by atoms with E-state index in [1.165, 1.54) is 12.3 Å². The zero-order valence-corrected chi connectivity index (χ0v) is 13.8. The number of halogens is 2. The third kappa shape index (κ3) is 3.77. The van der Waals surface area contributed by atoms with E-state index in [1.807, 2.05) is 18.2 Å². The van der Waals surface area contributed by atoms with Gasteiger partial charge in [-0.1, -0.05) is 18.2 Å². The van der Waals surface area contributed by atoms with E-state index in [0.717, 1.165) is 17.8 Å². The molecule has 0 aliphatic heterocycles. The maximum absolute atomic E-state index is 13.6. The van der Waals surface area contributed by atoms with E-state index in [-0.39, 0.29) is 0 Å². The van der Waals surface area contributed by atoms with Crippen molar-refractivity contribution in [3.8, 4) is 5.75 Å². The van der Waals surface area contributed by atoms with Gasteiger partial charge in [0.2, 0.25) is 0 Å². The number of aromatic nitrogens is 1. The van der Waals surface area contributed by atoms with Crippen LogP contribution in [0.15, 0.2) is 60.8 Å². The average Bonchev–Trinajstić information content (AvgIpc) is 2.63. The summed E-state index contributed by atoms with van der Waals surface area (Å²) in [7, 11) is 1.56. The van der Waals surface area contributed by atoms with E-state index < -0.39 is 23.1 Å². The van der Waals surface area contributed by atoms with Crippen molar-refractivity contribution in [3.05, 3.63) is 78.0 Å². The van der Waals surface area contributed by atoms with Gasteiger partial charge in [-0.3, -0.25) is 4.79 Å². The number of pyridine rings is 1. The van der Waals surface area contributed by atoms with Gasteiger partial charge in [-0.05, 0) is 36.4 Å². The Balaban J connectivity index is 1.73. The molecular weight excluding hydrogens is 340 g/mol. The minimum atomic E-state index is -0.926. The molecule has 0 saturated carbocycles. The maximum Gasteiger partial charge on any atom is 0.261 e. The Labute approximate surface area is 148 Å². The first-order valence-corrected chi connectivity index (χ1v) is 7.70. The molecule has 0 radical (unpaired) electrons. The van der Waals surface area contributed by atoms with Crippen LogP contribution in [-0.2, 0) is 0 Å². The van der Waals surface area contributed by atoms with Gasteiger partial charge >= 0.3 is 0 Å². The number of nitrogens with one attached hydrogen (secondary N) is 2. The molecule has 1 aromatic heterocycles. The normalized spacial score (nSPS) is 10.3. The van der Waals surface area contributed by atoms with E-state index >= 15 is 0 Å². The molecule has 2 aromatic carbocycles. The summed E-state index contributed by atoms with van der Waals surface area (Å²) in [4.78, 5) is 16.2. The third-order valence-electron chi connectivity index (χ3n) is 3.58. The summed E-state index contributed by atoms with van der Waals surface area (Å²) in [6, 6.07) is 13.8. The highest BCUT2D eigenvalue weighted by atomic mass is 19.1. The van der Waals surface area contributed by atoms with Crippen LogP contribution < -0.4 is 15.4 Å². The lowest BCUT2D eigenvalue weighted by atomic mass is 10.2. The molecule has 132 valence electrons. The van der Waals surface area contributed by atoms with Crippen LogP contribution in [0.1, 0.15) is 10.4 Å². The van der Waals surface area contributed by atoms with Crippen molar-refractivity contribution in [3.63, 3.8) is 0 Å². The number of ether oxygens (including phenoxy) is 1. The molecule has 1 amide bonds. The van der Waals surface area contributed by atoms with Gasteiger partial charge in [-0.15, -0.1) is 0 Å². The second kappa shape index (κ2) is 7.60. The standard InChI is InChI=1S/C19H15F2N3O2/c1-26-16-8-3-2-7-15(16)24-17-10-9-12(11-22-17)23-19(25)18-13(20)5-4-6-14(18)21/h2-11H,1H3,(H,22,24)(H,23,25). The average molecular weight is 355 g/mol. The zero-order chi connectivity index (χ0) is 18.5. The number of carbonyl (C=O) groups excluding carboxylic acids is 1. The Morgan fingerprint density at radius 3 is 2.38 bits per heavy atom. The highest BCUT2D eigenvalue weighted by Crippen LogP contribution is 2.26. The first-order chi connectivity index (χ1) is 12.6. The molecule has 1 heterocycles. The molecule has 2 N–H and O–H groups in total. The minimum Gasteiger partial charge on any atom is -0.495 e. The number of hydrogen-bond acceptors (Lipinski definition) is 4. The number of amides is 1. The quantitative estimate of drug-likeness (QED) is 0.714. The highest BCUT2D eigenvalue weighted by Gasteiger charge is 2.17. The molecule has 0 aliphatic rings. The van der Waals surface area contributed by atoms with Crippen molar-refractivity contribution in [2.45, 2.75) is 0 Å². The SMILES string of the molecule is COc1ccccc1Nc1ccc(NC(=O)c2c(F)cccc2F)cn1. The maximum atomic E-state index is 13.6. The lowest BCUT2D eigenvalue weighted by Gasteiger charge is -2.11. The van der Waals surface area contributed by atoms with Gasteiger partial charge in [0.05, 0.1) is 24.7 Å². The van der Waals surface area contributed by atoms with Crippen LogP contribution in [0.25, 0.3) is 0 Å². The van der Waals surface area contributed by atoms with Crippen molar-refractivity contribution in [2.24, 2.45) is 0 Å². The first kappa shape index (κ1) is 17.3. The highest BCUT2D eigenvalue weighted by molar-refractivity contribution is 6.04. The lowest BCUT2D eigenvalue weighted by molar-refractivity contribution is 0.101. The number of hydrogen-bond donors (Lipinski definition) is 2. The Bertz CT molecular complexity index is 910. The molecule has 5 nitrogen and oxygen atoms in total. The number of benzene rings is 2. The number of nitrogens with zero attached hydrogens (tertiary/aromatic N) is 1. The Morgan fingerprint density at radius 2 is 1.73 bits per heavy atom. The Kier molecular flexibility index (Phi) is 5.07. The number of carbonyl (C=O) groups is 1. The molecule has 0 bridgehead atoms. The molecule has 0 fully saturated rings. The smallest absolute Gasteiger partial charge is 0.261 e. The Hall–Kier alpha value is -3.48. The van der Waals surface area contributed by atoms with Crippen molar-refractivity contribution < 1.29 is 18.3 Å². The van der Waals surface area contributed by atoms with Crippen LogP contribution in [0, 0.1) is 11.6 Å². The molecule has 0 saturated heterocycles. The summed E-state index contributed by atoms with van der Waals surface area (Å²) in [5, 5.41) is 5.50. The van der Waals surface area contributed by atoms with Crippen LogP contribution in [0.2, 0.25) is 0 Å². The molecule has 0 aliphatic carbocycles. The number of para-hydroxylation sites is 2. The third-order valence-corrected chi connectivity index (χ3v) is 3.58. The predicted molar refractivity (Wildman–Crippen MR) is 94.8 cm³/mol. The molecular formula is C19H15F2N3O2. The first-order valence-electron chi connectivity index (χ1n) is 7.70. The molecule has 26 heavy (non-hydrogen) atoms. The zero-order valence-electron chi connectivity index (χ0n) is 13.8. The van der Waals surface area contributed by atoms with E-state index in [9.17, 15) is 13.6 Å². The van der Waals surface area contributed by atoms with Gasteiger partial charge in [0.15, 0.2) is 0 Å². The van der Waals surface area contributed by atoms with Gasteiger partial charge in [-0.25, -0.2) is 13.8 Å². The topological polar surface area (TPSA) is 63.2 Å².